The van der Waals surface area contributed by atoms with Crippen LogP contribution in [0.15, 0.2) is 28.7 Å². The van der Waals surface area contributed by atoms with E-state index < -0.39 is 0 Å². The topological polar surface area (TPSA) is 63.0 Å². The Morgan fingerprint density at radius 2 is 1.76 bits per heavy atom. The Morgan fingerprint density at radius 3 is 2.43 bits per heavy atom. The predicted molar refractivity (Wildman–Crippen MR) is 84.0 cm³/mol. The average molecular weight is 288 g/mol. The third-order valence-electron chi connectivity index (χ3n) is 3.17. The molecule has 1 aromatic heterocycles. The molecule has 5 nitrogen and oxygen atoms in total. The van der Waals surface area contributed by atoms with Crippen LogP contribution in [0.1, 0.15) is 37.8 Å². The van der Waals surface area contributed by atoms with Crippen LogP contribution in [0.4, 0.5) is 6.01 Å². The number of benzene rings is 1. The number of hydrogen-bond donors (Lipinski definition) is 2. The molecule has 0 radical (unpaired) electrons. The van der Waals surface area contributed by atoms with Crippen molar-refractivity contribution in [1.82, 2.24) is 15.5 Å². The first-order chi connectivity index (χ1) is 10.2. The Bertz CT molecular complexity index is 533. The molecule has 0 fully saturated rings. The fourth-order valence-electron chi connectivity index (χ4n) is 1.93. The van der Waals surface area contributed by atoms with Gasteiger partial charge in [0.25, 0.3) is 0 Å². The second-order valence-corrected chi connectivity index (χ2v) is 5.55. The van der Waals surface area contributed by atoms with Crippen LogP contribution in [-0.4, -0.2) is 16.7 Å². The zero-order valence-corrected chi connectivity index (χ0v) is 13.0. The van der Waals surface area contributed by atoms with E-state index in [1.54, 1.807) is 0 Å². The van der Waals surface area contributed by atoms with Crippen LogP contribution >= 0.6 is 0 Å². The van der Waals surface area contributed by atoms with Gasteiger partial charge >= 0.3 is 6.01 Å². The lowest BCUT2D eigenvalue weighted by atomic mass is 10.1. The summed E-state index contributed by atoms with van der Waals surface area (Å²) < 4.78 is 5.54. The number of aryl methyl sites for hydroxylation is 1. The molecule has 0 saturated heterocycles. The van der Waals surface area contributed by atoms with Crippen LogP contribution < -0.4 is 10.6 Å². The first-order valence-electron chi connectivity index (χ1n) is 7.52. The summed E-state index contributed by atoms with van der Waals surface area (Å²) >= 11 is 0. The molecule has 0 amide bonds. The Hall–Kier alpha value is -1.88. The Balaban J connectivity index is 1.79. The Morgan fingerprint density at radius 1 is 1.05 bits per heavy atom. The van der Waals surface area contributed by atoms with E-state index in [2.05, 4.69) is 65.9 Å². The molecule has 2 N–H and O–H groups in total. The first-order valence-corrected chi connectivity index (χ1v) is 7.52. The van der Waals surface area contributed by atoms with Crippen LogP contribution in [-0.2, 0) is 19.5 Å². The van der Waals surface area contributed by atoms with E-state index in [1.807, 2.05) is 0 Å². The first kappa shape index (κ1) is 15.5. The summed E-state index contributed by atoms with van der Waals surface area (Å²) in [6, 6.07) is 9.00. The zero-order valence-electron chi connectivity index (χ0n) is 13.0. The van der Waals surface area contributed by atoms with E-state index in [4.69, 9.17) is 4.42 Å². The second-order valence-electron chi connectivity index (χ2n) is 5.55. The molecule has 0 aliphatic carbocycles. The maximum atomic E-state index is 5.54. The van der Waals surface area contributed by atoms with Gasteiger partial charge in [-0.25, -0.2) is 0 Å². The molecule has 0 atom stereocenters. The van der Waals surface area contributed by atoms with Crippen LogP contribution in [0.3, 0.4) is 0 Å². The summed E-state index contributed by atoms with van der Waals surface area (Å²) in [5.41, 5.74) is 2.54. The summed E-state index contributed by atoms with van der Waals surface area (Å²) in [6.45, 7) is 8.72. The van der Waals surface area contributed by atoms with Crippen molar-refractivity contribution in [2.45, 2.75) is 40.3 Å². The van der Waals surface area contributed by atoms with Gasteiger partial charge in [0.15, 0.2) is 0 Å². The third-order valence-corrected chi connectivity index (χ3v) is 3.17. The van der Waals surface area contributed by atoms with Crippen molar-refractivity contribution in [3.8, 4) is 0 Å². The van der Waals surface area contributed by atoms with E-state index >= 15 is 0 Å². The quantitative estimate of drug-likeness (QED) is 0.782. The van der Waals surface area contributed by atoms with E-state index in [0.29, 0.717) is 30.9 Å². The number of hydrogen-bond acceptors (Lipinski definition) is 5. The van der Waals surface area contributed by atoms with Gasteiger partial charge in [0, 0.05) is 6.54 Å². The fraction of sp³-hybridized carbons (Fsp3) is 0.500. The van der Waals surface area contributed by atoms with Crippen LogP contribution in [0, 0.1) is 5.92 Å². The van der Waals surface area contributed by atoms with Gasteiger partial charge < -0.3 is 15.1 Å². The van der Waals surface area contributed by atoms with Crippen molar-refractivity contribution in [3.63, 3.8) is 0 Å². The monoisotopic (exact) mass is 288 g/mol. The average Bonchev–Trinajstić information content (AvgIpc) is 2.93. The molecule has 21 heavy (non-hydrogen) atoms. The molecule has 5 heteroatoms. The molecule has 0 aliphatic rings. The minimum atomic E-state index is 0.468. The molecule has 0 spiro atoms. The minimum absolute atomic E-state index is 0.468. The van der Waals surface area contributed by atoms with Crippen LogP contribution in [0.2, 0.25) is 0 Å². The number of aromatic nitrogens is 2. The van der Waals surface area contributed by atoms with E-state index in [-0.39, 0.29) is 0 Å². The SMILES string of the molecule is CCc1ccc(CNc2nnc(CNCC(C)C)o2)cc1. The van der Waals surface area contributed by atoms with Crippen LogP contribution in [0.5, 0.6) is 0 Å². The normalized spacial score (nSPS) is 11.0. The van der Waals surface area contributed by atoms with E-state index in [0.717, 1.165) is 13.0 Å². The van der Waals surface area contributed by atoms with Crippen molar-refractivity contribution < 1.29 is 4.42 Å². The Kier molecular flexibility index (Phi) is 5.75. The van der Waals surface area contributed by atoms with Gasteiger partial charge in [-0.15, -0.1) is 5.10 Å². The van der Waals surface area contributed by atoms with Gasteiger partial charge in [-0.2, -0.15) is 0 Å². The number of nitrogens with zero attached hydrogens (tertiary/aromatic N) is 2. The highest BCUT2D eigenvalue weighted by Gasteiger charge is 2.05. The van der Waals surface area contributed by atoms with Crippen molar-refractivity contribution in [2.24, 2.45) is 5.92 Å². The van der Waals surface area contributed by atoms with Gasteiger partial charge in [-0.3, -0.25) is 0 Å². The highest BCUT2D eigenvalue weighted by Crippen LogP contribution is 2.09. The minimum Gasteiger partial charge on any atom is -0.407 e. The molecule has 114 valence electrons. The molecular weight excluding hydrogens is 264 g/mol. The van der Waals surface area contributed by atoms with Crippen molar-refractivity contribution >= 4 is 6.01 Å². The van der Waals surface area contributed by atoms with Crippen molar-refractivity contribution in [1.29, 1.82) is 0 Å². The molecule has 0 saturated carbocycles. The van der Waals surface area contributed by atoms with Gasteiger partial charge in [0.05, 0.1) is 6.54 Å². The molecule has 0 aliphatic heterocycles. The number of nitrogens with one attached hydrogen (secondary N) is 2. The summed E-state index contributed by atoms with van der Waals surface area (Å²) in [4.78, 5) is 0. The maximum Gasteiger partial charge on any atom is 0.315 e. The highest BCUT2D eigenvalue weighted by molar-refractivity contribution is 5.26. The van der Waals surface area contributed by atoms with Crippen molar-refractivity contribution in [3.05, 3.63) is 41.3 Å². The second kappa shape index (κ2) is 7.78. The van der Waals surface area contributed by atoms with Gasteiger partial charge in [0.2, 0.25) is 5.89 Å². The third kappa shape index (κ3) is 5.19. The number of rotatable bonds is 8. The van der Waals surface area contributed by atoms with Gasteiger partial charge in [0.1, 0.15) is 0 Å². The van der Waals surface area contributed by atoms with E-state index in [1.165, 1.54) is 11.1 Å². The zero-order chi connectivity index (χ0) is 15.1. The van der Waals surface area contributed by atoms with Crippen LogP contribution in [0.25, 0.3) is 0 Å². The lowest BCUT2D eigenvalue weighted by Crippen LogP contribution is -2.19. The Labute approximate surface area is 126 Å². The summed E-state index contributed by atoms with van der Waals surface area (Å²) in [5, 5.41) is 14.4. The lowest BCUT2D eigenvalue weighted by molar-refractivity contribution is 0.458. The maximum absolute atomic E-state index is 5.54. The standard InChI is InChI=1S/C16H24N4O/c1-4-13-5-7-14(8-6-13)10-18-16-20-19-15(21-16)11-17-9-12(2)3/h5-8,12,17H,4,9-11H2,1-3H3,(H,18,20). The molecule has 1 heterocycles. The fourth-order valence-corrected chi connectivity index (χ4v) is 1.93. The van der Waals surface area contributed by atoms with E-state index in [9.17, 15) is 0 Å². The smallest absolute Gasteiger partial charge is 0.315 e. The highest BCUT2D eigenvalue weighted by atomic mass is 16.4. The van der Waals surface area contributed by atoms with Gasteiger partial charge in [-0.1, -0.05) is 50.1 Å². The molecule has 0 bridgehead atoms. The summed E-state index contributed by atoms with van der Waals surface area (Å²) in [5.74, 6) is 1.22. The molecule has 0 unspecified atom stereocenters. The predicted octanol–water partition coefficient (Wildman–Crippen LogP) is 2.99. The summed E-state index contributed by atoms with van der Waals surface area (Å²) in [7, 11) is 0. The molecular formula is C16H24N4O. The summed E-state index contributed by atoms with van der Waals surface area (Å²) in [6.07, 6.45) is 1.06. The largest absolute Gasteiger partial charge is 0.407 e. The molecule has 1 aromatic carbocycles. The molecule has 2 rings (SSSR count). The lowest BCUT2D eigenvalue weighted by Gasteiger charge is -2.04. The van der Waals surface area contributed by atoms with Crippen molar-refractivity contribution in [2.75, 3.05) is 11.9 Å². The number of anilines is 1. The molecule has 2 aromatic rings. The van der Waals surface area contributed by atoms with Gasteiger partial charge in [-0.05, 0) is 30.0 Å².